The SMILES string of the molecule is COC(=O)C(N)Cc1[nH]c2ccccc2c1C. The van der Waals surface area contributed by atoms with Crippen LogP contribution in [0.2, 0.25) is 0 Å². The molecule has 0 bridgehead atoms. The Morgan fingerprint density at radius 3 is 2.82 bits per heavy atom. The van der Waals surface area contributed by atoms with E-state index in [1.807, 2.05) is 31.2 Å². The van der Waals surface area contributed by atoms with Gasteiger partial charge in [0.1, 0.15) is 6.04 Å². The first-order valence-electron chi connectivity index (χ1n) is 5.53. The average Bonchev–Trinajstić information content (AvgIpc) is 2.66. The van der Waals surface area contributed by atoms with Gasteiger partial charge in [0.05, 0.1) is 7.11 Å². The van der Waals surface area contributed by atoms with Crippen LogP contribution in [0.3, 0.4) is 0 Å². The average molecular weight is 232 g/mol. The third-order valence-electron chi connectivity index (χ3n) is 3.00. The summed E-state index contributed by atoms with van der Waals surface area (Å²) < 4.78 is 4.62. The first-order chi connectivity index (χ1) is 8.13. The van der Waals surface area contributed by atoms with E-state index in [1.54, 1.807) is 0 Å². The van der Waals surface area contributed by atoms with Crippen LogP contribution in [0, 0.1) is 6.92 Å². The third-order valence-corrected chi connectivity index (χ3v) is 3.00. The Labute approximate surface area is 99.8 Å². The largest absolute Gasteiger partial charge is 0.468 e. The Kier molecular flexibility index (Phi) is 3.15. The maximum Gasteiger partial charge on any atom is 0.323 e. The van der Waals surface area contributed by atoms with Crippen molar-refractivity contribution in [2.45, 2.75) is 19.4 Å². The number of methoxy groups -OCH3 is 1. The van der Waals surface area contributed by atoms with Gasteiger partial charge in [-0.05, 0) is 18.6 Å². The molecule has 17 heavy (non-hydrogen) atoms. The fourth-order valence-electron chi connectivity index (χ4n) is 2.00. The van der Waals surface area contributed by atoms with Gasteiger partial charge < -0.3 is 15.5 Å². The van der Waals surface area contributed by atoms with Crippen molar-refractivity contribution in [1.29, 1.82) is 0 Å². The molecule has 0 spiro atoms. The van der Waals surface area contributed by atoms with E-state index in [9.17, 15) is 4.79 Å². The van der Waals surface area contributed by atoms with Gasteiger partial charge in [-0.25, -0.2) is 0 Å². The standard InChI is InChI=1S/C13H16N2O2/c1-8-9-5-3-4-6-11(9)15-12(8)7-10(14)13(16)17-2/h3-6,10,15H,7,14H2,1-2H3. The zero-order valence-corrected chi connectivity index (χ0v) is 9.99. The number of rotatable bonds is 3. The summed E-state index contributed by atoms with van der Waals surface area (Å²) >= 11 is 0. The number of aromatic amines is 1. The number of para-hydroxylation sites is 1. The van der Waals surface area contributed by atoms with E-state index < -0.39 is 6.04 Å². The monoisotopic (exact) mass is 232 g/mol. The maximum absolute atomic E-state index is 11.3. The number of aryl methyl sites for hydroxylation is 1. The van der Waals surface area contributed by atoms with Crippen LogP contribution >= 0.6 is 0 Å². The number of carbonyl (C=O) groups excluding carboxylic acids is 1. The molecule has 0 amide bonds. The summed E-state index contributed by atoms with van der Waals surface area (Å²) in [5.74, 6) is -0.386. The minimum atomic E-state index is -0.619. The van der Waals surface area contributed by atoms with Crippen LogP contribution in [0.15, 0.2) is 24.3 Å². The number of ether oxygens (including phenoxy) is 1. The second kappa shape index (κ2) is 4.59. The minimum Gasteiger partial charge on any atom is -0.468 e. The van der Waals surface area contributed by atoms with Crippen LogP contribution < -0.4 is 5.73 Å². The molecule has 3 N–H and O–H groups in total. The van der Waals surface area contributed by atoms with Gasteiger partial charge in [-0.3, -0.25) is 4.79 Å². The first kappa shape index (κ1) is 11.7. The molecule has 0 fully saturated rings. The molecule has 1 atom stereocenters. The lowest BCUT2D eigenvalue weighted by Gasteiger charge is -2.08. The number of benzene rings is 1. The highest BCUT2D eigenvalue weighted by molar-refractivity contribution is 5.84. The van der Waals surface area contributed by atoms with Gasteiger partial charge in [0, 0.05) is 23.0 Å². The molecule has 0 aliphatic heterocycles. The second-order valence-electron chi connectivity index (χ2n) is 4.11. The number of aromatic nitrogens is 1. The molecule has 1 aromatic heterocycles. The van der Waals surface area contributed by atoms with Crippen molar-refractivity contribution >= 4 is 16.9 Å². The fraction of sp³-hybridized carbons (Fsp3) is 0.308. The molecule has 1 unspecified atom stereocenters. The number of carbonyl (C=O) groups is 1. The summed E-state index contributed by atoms with van der Waals surface area (Å²) in [5.41, 5.74) is 8.95. The summed E-state index contributed by atoms with van der Waals surface area (Å²) in [6, 6.07) is 7.41. The van der Waals surface area contributed by atoms with Gasteiger partial charge in [-0.2, -0.15) is 0 Å². The lowest BCUT2D eigenvalue weighted by molar-refractivity contribution is -0.142. The van der Waals surface area contributed by atoms with E-state index in [0.717, 1.165) is 16.8 Å². The number of fused-ring (bicyclic) bond motifs is 1. The van der Waals surface area contributed by atoms with Gasteiger partial charge in [0.15, 0.2) is 0 Å². The summed E-state index contributed by atoms with van der Waals surface area (Å²) in [6.45, 7) is 2.03. The number of hydrogen-bond donors (Lipinski definition) is 2. The Bertz CT molecular complexity index is 545. The molecule has 4 nitrogen and oxygen atoms in total. The predicted molar refractivity (Wildman–Crippen MR) is 66.7 cm³/mol. The second-order valence-corrected chi connectivity index (χ2v) is 4.11. The lowest BCUT2D eigenvalue weighted by atomic mass is 10.1. The topological polar surface area (TPSA) is 68.1 Å². The highest BCUT2D eigenvalue weighted by Gasteiger charge is 2.17. The van der Waals surface area contributed by atoms with Gasteiger partial charge in [-0.15, -0.1) is 0 Å². The quantitative estimate of drug-likeness (QED) is 0.788. The lowest BCUT2D eigenvalue weighted by Crippen LogP contribution is -2.33. The van der Waals surface area contributed by atoms with Crippen molar-refractivity contribution in [3.63, 3.8) is 0 Å². The number of nitrogens with two attached hydrogens (primary N) is 1. The molecule has 90 valence electrons. The van der Waals surface area contributed by atoms with Gasteiger partial charge >= 0.3 is 5.97 Å². The Morgan fingerprint density at radius 1 is 1.47 bits per heavy atom. The molecule has 1 heterocycles. The molecular formula is C13H16N2O2. The summed E-state index contributed by atoms with van der Waals surface area (Å²) in [4.78, 5) is 14.6. The molecule has 4 heteroatoms. The molecule has 0 saturated carbocycles. The number of esters is 1. The highest BCUT2D eigenvalue weighted by atomic mass is 16.5. The summed E-state index contributed by atoms with van der Waals surface area (Å²) in [7, 11) is 1.35. The van der Waals surface area contributed by atoms with Crippen molar-refractivity contribution in [1.82, 2.24) is 4.98 Å². The van der Waals surface area contributed by atoms with E-state index in [0.29, 0.717) is 6.42 Å². The zero-order valence-electron chi connectivity index (χ0n) is 9.99. The molecule has 0 aliphatic rings. The van der Waals surface area contributed by atoms with Gasteiger partial charge in [0.25, 0.3) is 0 Å². The van der Waals surface area contributed by atoms with E-state index >= 15 is 0 Å². The summed E-state index contributed by atoms with van der Waals surface area (Å²) in [6.07, 6.45) is 0.465. The zero-order chi connectivity index (χ0) is 12.4. The maximum atomic E-state index is 11.3. The molecule has 2 rings (SSSR count). The molecule has 0 radical (unpaired) electrons. The van der Waals surface area contributed by atoms with Crippen molar-refractivity contribution in [3.05, 3.63) is 35.5 Å². The minimum absolute atomic E-state index is 0.386. The first-order valence-corrected chi connectivity index (χ1v) is 5.53. The Morgan fingerprint density at radius 2 is 2.18 bits per heavy atom. The highest BCUT2D eigenvalue weighted by Crippen LogP contribution is 2.22. The van der Waals surface area contributed by atoms with Crippen LogP contribution in [0.25, 0.3) is 10.9 Å². The van der Waals surface area contributed by atoms with Crippen LogP contribution in [-0.4, -0.2) is 24.1 Å². The van der Waals surface area contributed by atoms with Crippen molar-refractivity contribution in [2.75, 3.05) is 7.11 Å². The van der Waals surface area contributed by atoms with Crippen LogP contribution in [-0.2, 0) is 16.0 Å². The van der Waals surface area contributed by atoms with Crippen LogP contribution in [0.5, 0.6) is 0 Å². The molecule has 2 aromatic rings. The van der Waals surface area contributed by atoms with Crippen LogP contribution in [0.4, 0.5) is 0 Å². The van der Waals surface area contributed by atoms with Crippen molar-refractivity contribution in [2.24, 2.45) is 5.73 Å². The van der Waals surface area contributed by atoms with E-state index in [2.05, 4.69) is 9.72 Å². The van der Waals surface area contributed by atoms with Gasteiger partial charge in [0.2, 0.25) is 0 Å². The number of nitrogens with one attached hydrogen (secondary N) is 1. The summed E-state index contributed by atoms with van der Waals surface area (Å²) in [5, 5.41) is 1.17. The molecule has 0 saturated heterocycles. The fourth-order valence-corrected chi connectivity index (χ4v) is 2.00. The van der Waals surface area contributed by atoms with Crippen LogP contribution in [0.1, 0.15) is 11.3 Å². The Balaban J connectivity index is 2.30. The molecule has 0 aliphatic carbocycles. The molecular weight excluding hydrogens is 216 g/mol. The van der Waals surface area contributed by atoms with E-state index in [-0.39, 0.29) is 5.97 Å². The van der Waals surface area contributed by atoms with Crippen molar-refractivity contribution in [3.8, 4) is 0 Å². The normalized spacial score (nSPS) is 12.6. The smallest absolute Gasteiger partial charge is 0.323 e. The number of hydrogen-bond acceptors (Lipinski definition) is 3. The number of H-pyrrole nitrogens is 1. The van der Waals surface area contributed by atoms with E-state index in [1.165, 1.54) is 12.5 Å². The van der Waals surface area contributed by atoms with E-state index in [4.69, 9.17) is 5.73 Å². The molecule has 1 aromatic carbocycles. The van der Waals surface area contributed by atoms with Gasteiger partial charge in [-0.1, -0.05) is 18.2 Å². The third kappa shape index (κ3) is 2.17. The van der Waals surface area contributed by atoms with Crippen molar-refractivity contribution < 1.29 is 9.53 Å². The predicted octanol–water partition coefficient (Wildman–Crippen LogP) is 1.52. The Hall–Kier alpha value is -1.81.